The molecule has 1 aliphatic rings. The second-order valence-corrected chi connectivity index (χ2v) is 7.62. The van der Waals surface area contributed by atoms with Crippen molar-refractivity contribution in [1.82, 2.24) is 15.0 Å². The van der Waals surface area contributed by atoms with Crippen LogP contribution in [-0.4, -0.2) is 52.8 Å². The van der Waals surface area contributed by atoms with Crippen LogP contribution in [-0.2, 0) is 9.57 Å². The summed E-state index contributed by atoms with van der Waals surface area (Å²) in [6.07, 6.45) is 0.579. The molecule has 0 atom stereocenters. The molecular weight excluding hydrogens is 497 g/mol. The van der Waals surface area contributed by atoms with E-state index in [9.17, 15) is 26.7 Å². The Kier molecular flexibility index (Phi) is 8.36. The zero-order chi connectivity index (χ0) is 26.5. The van der Waals surface area contributed by atoms with Gasteiger partial charge in [0.25, 0.3) is 0 Å². The summed E-state index contributed by atoms with van der Waals surface area (Å²) >= 11 is 0. The fourth-order valence-corrected chi connectivity index (χ4v) is 3.06. The van der Waals surface area contributed by atoms with Crippen molar-refractivity contribution in [2.24, 2.45) is 0 Å². The summed E-state index contributed by atoms with van der Waals surface area (Å²) in [5.41, 5.74) is -0.132. The Labute approximate surface area is 202 Å². The molecular formula is C22H20F5N3O6. The first kappa shape index (κ1) is 26.7. The number of hydrogen-bond acceptors (Lipinski definition) is 9. The minimum atomic E-state index is -5.22. The Hall–Kier alpha value is -3.86. The molecule has 36 heavy (non-hydrogen) atoms. The summed E-state index contributed by atoms with van der Waals surface area (Å²) in [6, 6.07) is 0.540. The standard InChI is InChI=1S/C22H20F5N3O6/c1-4-14-19(33-13-5-7-30(8-6-13)36-21(31)32-12(2)3)28-11-29-20(14)34-17-9-16(24)18(10-15(17)23)35-22(25,26)27/h1,9-13H,5-8H2,2-3H3. The zero-order valence-electron chi connectivity index (χ0n) is 19.0. The summed E-state index contributed by atoms with van der Waals surface area (Å²) in [5.74, 6) is -3.27. The second-order valence-electron chi connectivity index (χ2n) is 7.62. The average molecular weight is 517 g/mol. The monoisotopic (exact) mass is 517 g/mol. The number of benzene rings is 1. The molecule has 0 amide bonds. The van der Waals surface area contributed by atoms with Gasteiger partial charge in [-0.1, -0.05) is 5.92 Å². The highest BCUT2D eigenvalue weighted by Crippen LogP contribution is 2.35. The number of hydroxylamine groups is 2. The van der Waals surface area contributed by atoms with Crippen LogP contribution in [0.2, 0.25) is 0 Å². The molecule has 0 unspecified atom stereocenters. The van der Waals surface area contributed by atoms with Crippen LogP contribution in [0.1, 0.15) is 32.3 Å². The lowest BCUT2D eigenvalue weighted by atomic mass is 10.1. The van der Waals surface area contributed by atoms with Crippen LogP contribution in [0.15, 0.2) is 18.5 Å². The molecule has 0 N–H and O–H groups in total. The maximum atomic E-state index is 14.3. The van der Waals surface area contributed by atoms with Crippen molar-refractivity contribution in [1.29, 1.82) is 0 Å². The van der Waals surface area contributed by atoms with Crippen LogP contribution < -0.4 is 14.2 Å². The van der Waals surface area contributed by atoms with E-state index in [-0.39, 0.29) is 29.5 Å². The normalized spacial score (nSPS) is 14.8. The van der Waals surface area contributed by atoms with Gasteiger partial charge in [0.15, 0.2) is 23.1 Å². The average Bonchev–Trinajstić information content (AvgIpc) is 2.77. The fraction of sp³-hybridized carbons (Fsp3) is 0.409. The number of nitrogens with zero attached hydrogens (tertiary/aromatic N) is 3. The maximum absolute atomic E-state index is 14.3. The first-order valence-electron chi connectivity index (χ1n) is 10.5. The molecule has 3 rings (SSSR count). The van der Waals surface area contributed by atoms with Gasteiger partial charge < -0.3 is 23.8 Å². The summed E-state index contributed by atoms with van der Waals surface area (Å²) in [5, 5.41) is 1.42. The van der Waals surface area contributed by atoms with Crippen LogP contribution in [0, 0.1) is 24.0 Å². The maximum Gasteiger partial charge on any atom is 0.573 e. The third-order valence-corrected chi connectivity index (χ3v) is 4.56. The fourth-order valence-electron chi connectivity index (χ4n) is 3.06. The molecule has 1 aromatic heterocycles. The highest BCUT2D eigenvalue weighted by Gasteiger charge is 2.33. The molecule has 14 heteroatoms. The molecule has 1 aromatic carbocycles. The Bertz CT molecular complexity index is 1130. The van der Waals surface area contributed by atoms with Crippen molar-refractivity contribution in [3.63, 3.8) is 0 Å². The second kappa shape index (κ2) is 11.3. The molecule has 1 fully saturated rings. The number of ether oxygens (including phenoxy) is 4. The van der Waals surface area contributed by atoms with Crippen molar-refractivity contribution >= 4 is 6.16 Å². The number of terminal acetylenes is 1. The molecule has 0 saturated carbocycles. The zero-order valence-corrected chi connectivity index (χ0v) is 19.0. The number of hydrogen-bond donors (Lipinski definition) is 0. The molecule has 9 nitrogen and oxygen atoms in total. The van der Waals surface area contributed by atoms with Crippen LogP contribution in [0.25, 0.3) is 0 Å². The Balaban J connectivity index is 1.68. The minimum absolute atomic E-state index is 0.0843. The number of rotatable bonds is 7. The van der Waals surface area contributed by atoms with Gasteiger partial charge in [0.1, 0.15) is 18.0 Å². The molecule has 1 aliphatic heterocycles. The molecule has 194 valence electrons. The largest absolute Gasteiger partial charge is 0.573 e. The van der Waals surface area contributed by atoms with Crippen LogP contribution in [0.3, 0.4) is 0 Å². The Morgan fingerprint density at radius 3 is 2.33 bits per heavy atom. The first-order chi connectivity index (χ1) is 16.9. The van der Waals surface area contributed by atoms with E-state index in [0.717, 1.165) is 6.33 Å². The summed E-state index contributed by atoms with van der Waals surface area (Å²) in [7, 11) is 0. The molecule has 0 bridgehead atoms. The summed E-state index contributed by atoms with van der Waals surface area (Å²) in [4.78, 5) is 24.4. The number of carbonyl (C=O) groups excluding carboxylic acids is 1. The van der Waals surface area contributed by atoms with Gasteiger partial charge in [0, 0.05) is 38.1 Å². The van der Waals surface area contributed by atoms with E-state index in [2.05, 4.69) is 20.6 Å². The molecule has 2 heterocycles. The van der Waals surface area contributed by atoms with Gasteiger partial charge in [-0.3, -0.25) is 0 Å². The molecule has 0 radical (unpaired) electrons. The van der Waals surface area contributed by atoms with Gasteiger partial charge in [0.05, 0.1) is 6.10 Å². The number of piperidine rings is 1. The smallest absolute Gasteiger partial charge is 0.473 e. The van der Waals surface area contributed by atoms with Crippen LogP contribution in [0.4, 0.5) is 26.7 Å². The van der Waals surface area contributed by atoms with E-state index in [4.69, 9.17) is 25.5 Å². The number of carbonyl (C=O) groups is 1. The number of alkyl halides is 3. The number of halogens is 5. The topological polar surface area (TPSA) is 92.2 Å². The van der Waals surface area contributed by atoms with Crippen LogP contribution in [0.5, 0.6) is 23.3 Å². The van der Waals surface area contributed by atoms with Gasteiger partial charge in [-0.25, -0.2) is 23.5 Å². The third kappa shape index (κ3) is 7.32. The Morgan fingerprint density at radius 2 is 1.72 bits per heavy atom. The first-order valence-corrected chi connectivity index (χ1v) is 10.5. The van der Waals surface area contributed by atoms with Crippen molar-refractivity contribution < 1.29 is 50.5 Å². The van der Waals surface area contributed by atoms with Gasteiger partial charge >= 0.3 is 12.5 Å². The predicted molar refractivity (Wildman–Crippen MR) is 111 cm³/mol. The summed E-state index contributed by atoms with van der Waals surface area (Å²) in [6.45, 7) is 4.03. The van der Waals surface area contributed by atoms with Gasteiger partial charge in [-0.15, -0.1) is 24.7 Å². The summed E-state index contributed by atoms with van der Waals surface area (Å²) < 4.78 is 84.6. The predicted octanol–water partition coefficient (Wildman–Crippen LogP) is 4.75. The molecule has 0 spiro atoms. The lowest BCUT2D eigenvalue weighted by molar-refractivity contribution is -0.275. The highest BCUT2D eigenvalue weighted by atomic mass is 19.4. The van der Waals surface area contributed by atoms with E-state index in [1.54, 1.807) is 13.8 Å². The van der Waals surface area contributed by atoms with Gasteiger partial charge in [0.2, 0.25) is 11.8 Å². The quantitative estimate of drug-likeness (QED) is 0.293. The number of aromatic nitrogens is 2. The molecule has 1 saturated heterocycles. The van der Waals surface area contributed by atoms with E-state index in [1.807, 2.05) is 0 Å². The van der Waals surface area contributed by atoms with Gasteiger partial charge in [-0.05, 0) is 13.8 Å². The van der Waals surface area contributed by atoms with E-state index < -0.39 is 41.8 Å². The molecule has 0 aliphatic carbocycles. The van der Waals surface area contributed by atoms with Gasteiger partial charge in [-0.2, -0.15) is 0 Å². The van der Waals surface area contributed by atoms with E-state index in [0.29, 0.717) is 32.0 Å². The van der Waals surface area contributed by atoms with Crippen molar-refractivity contribution in [2.75, 3.05) is 13.1 Å². The van der Waals surface area contributed by atoms with E-state index >= 15 is 0 Å². The Morgan fingerprint density at radius 1 is 1.11 bits per heavy atom. The van der Waals surface area contributed by atoms with E-state index in [1.165, 1.54) is 5.06 Å². The lowest BCUT2D eigenvalue weighted by Crippen LogP contribution is -2.40. The third-order valence-electron chi connectivity index (χ3n) is 4.56. The van der Waals surface area contributed by atoms with Crippen molar-refractivity contribution in [3.8, 4) is 35.6 Å². The van der Waals surface area contributed by atoms with Crippen LogP contribution >= 0.6 is 0 Å². The lowest BCUT2D eigenvalue weighted by Gasteiger charge is -2.30. The van der Waals surface area contributed by atoms with Crippen molar-refractivity contribution in [3.05, 3.63) is 35.7 Å². The molecule has 2 aromatic rings. The highest BCUT2D eigenvalue weighted by molar-refractivity contribution is 5.59. The van der Waals surface area contributed by atoms with Crippen molar-refractivity contribution in [2.45, 2.75) is 45.3 Å². The SMILES string of the molecule is C#Cc1c(Oc2cc(F)c(OC(F)(F)F)cc2F)ncnc1OC1CCN(OC(=O)OC(C)C)CC1. The minimum Gasteiger partial charge on any atom is -0.473 e.